The van der Waals surface area contributed by atoms with Crippen molar-refractivity contribution in [3.63, 3.8) is 0 Å². The third-order valence-corrected chi connectivity index (χ3v) is 5.28. The summed E-state index contributed by atoms with van der Waals surface area (Å²) in [4.78, 5) is 32.5. The first-order valence-corrected chi connectivity index (χ1v) is 10.2. The fraction of sp³-hybridized carbons (Fsp3) is 0.550. The summed E-state index contributed by atoms with van der Waals surface area (Å²) >= 11 is 6.00. The molecule has 0 unspecified atom stereocenters. The molecule has 1 saturated heterocycles. The fourth-order valence-electron chi connectivity index (χ4n) is 3.28. The summed E-state index contributed by atoms with van der Waals surface area (Å²) in [5.74, 6) is 1.32. The lowest BCUT2D eigenvalue weighted by molar-refractivity contribution is -0.131. The molecule has 29 heavy (non-hydrogen) atoms. The third-order valence-electron chi connectivity index (χ3n) is 5.04. The summed E-state index contributed by atoms with van der Waals surface area (Å²) in [6.45, 7) is 4.02. The van der Waals surface area contributed by atoms with Crippen molar-refractivity contribution < 1.29 is 9.59 Å². The topological polar surface area (TPSA) is 77.0 Å². The van der Waals surface area contributed by atoms with Crippen LogP contribution >= 0.6 is 35.6 Å². The second-order valence-electron chi connectivity index (χ2n) is 7.21. The molecule has 1 saturated carbocycles. The molecule has 160 valence electrons. The number of nitrogens with zero attached hydrogens (tertiary/aromatic N) is 3. The normalized spacial score (nSPS) is 16.8. The lowest BCUT2D eigenvalue weighted by Crippen LogP contribution is -2.54. The number of amides is 2. The number of piperazine rings is 1. The Hall–Kier alpha value is -1.55. The molecule has 3 rings (SSSR count). The fourth-order valence-corrected chi connectivity index (χ4v) is 3.50. The van der Waals surface area contributed by atoms with Crippen LogP contribution in [-0.2, 0) is 16.0 Å². The summed E-state index contributed by atoms with van der Waals surface area (Å²) in [5.41, 5.74) is 0.936. The minimum absolute atomic E-state index is 0. The van der Waals surface area contributed by atoms with Gasteiger partial charge < -0.3 is 20.4 Å². The van der Waals surface area contributed by atoms with Crippen LogP contribution in [0, 0.1) is 5.92 Å². The van der Waals surface area contributed by atoms with E-state index < -0.39 is 0 Å². The molecule has 9 heteroatoms. The molecule has 2 amide bonds. The van der Waals surface area contributed by atoms with Gasteiger partial charge >= 0.3 is 0 Å². The quantitative estimate of drug-likeness (QED) is 0.253. The molecule has 7 nitrogen and oxygen atoms in total. The van der Waals surface area contributed by atoms with E-state index in [1.807, 2.05) is 29.2 Å². The average molecular weight is 534 g/mol. The predicted molar refractivity (Wildman–Crippen MR) is 126 cm³/mol. The maximum absolute atomic E-state index is 12.5. The van der Waals surface area contributed by atoms with Crippen molar-refractivity contribution in [1.29, 1.82) is 0 Å². The van der Waals surface area contributed by atoms with Crippen LogP contribution in [0.15, 0.2) is 29.3 Å². The van der Waals surface area contributed by atoms with Gasteiger partial charge in [0.2, 0.25) is 11.8 Å². The molecule has 0 aromatic heterocycles. The highest BCUT2D eigenvalue weighted by Gasteiger charge is 2.29. The van der Waals surface area contributed by atoms with Crippen LogP contribution in [0.25, 0.3) is 0 Å². The van der Waals surface area contributed by atoms with Crippen LogP contribution in [0.2, 0.25) is 5.02 Å². The molecule has 0 bridgehead atoms. The maximum Gasteiger partial charge on any atom is 0.227 e. The molecule has 2 aliphatic rings. The summed E-state index contributed by atoms with van der Waals surface area (Å²) < 4.78 is 0. The number of carbonyl (C=O) groups is 2. The number of hydrogen-bond donors (Lipinski definition) is 2. The van der Waals surface area contributed by atoms with Gasteiger partial charge in [0.05, 0.1) is 6.42 Å². The Morgan fingerprint density at radius 1 is 1.10 bits per heavy atom. The van der Waals surface area contributed by atoms with Gasteiger partial charge in [-0.15, -0.1) is 24.0 Å². The third kappa shape index (κ3) is 7.33. The van der Waals surface area contributed by atoms with Crippen LogP contribution in [0.4, 0.5) is 0 Å². The standard InChI is InChI=1S/C20H28ClN5O2.HI/c1-22-20(24-8-7-23-19(28)16-5-6-16)26-11-9-25(10-12-26)18(27)14-15-3-2-4-17(21)13-15;/h2-4,13,16H,5-12,14H2,1H3,(H,22,24)(H,23,28);1H. The first-order valence-electron chi connectivity index (χ1n) is 9.82. The highest BCUT2D eigenvalue weighted by atomic mass is 127. The van der Waals surface area contributed by atoms with Gasteiger partial charge in [-0.25, -0.2) is 0 Å². The molecular formula is C20H29ClIN5O2. The predicted octanol–water partition coefficient (Wildman–Crippen LogP) is 1.75. The Bertz CT molecular complexity index is 733. The van der Waals surface area contributed by atoms with E-state index in [1.165, 1.54) is 0 Å². The summed E-state index contributed by atoms with van der Waals surface area (Å²) in [6.07, 6.45) is 2.40. The minimum atomic E-state index is 0. The molecule has 1 aromatic carbocycles. The second kappa shape index (κ2) is 11.6. The Morgan fingerprint density at radius 2 is 1.76 bits per heavy atom. The lowest BCUT2D eigenvalue weighted by Gasteiger charge is -2.36. The number of hydrogen-bond acceptors (Lipinski definition) is 3. The Balaban J connectivity index is 0.00000300. The van der Waals surface area contributed by atoms with Gasteiger partial charge in [-0.2, -0.15) is 0 Å². The van der Waals surface area contributed by atoms with Gasteiger partial charge in [-0.1, -0.05) is 23.7 Å². The van der Waals surface area contributed by atoms with E-state index in [1.54, 1.807) is 7.05 Å². The number of guanidine groups is 1. The molecule has 0 radical (unpaired) electrons. The molecule has 0 spiro atoms. The first kappa shape index (κ1) is 23.7. The average Bonchev–Trinajstić information content (AvgIpc) is 3.53. The van der Waals surface area contributed by atoms with Crippen molar-refractivity contribution in [2.75, 3.05) is 46.3 Å². The molecule has 2 fully saturated rings. The molecule has 1 aliphatic carbocycles. The number of halogens is 2. The van der Waals surface area contributed by atoms with Crippen molar-refractivity contribution in [2.45, 2.75) is 19.3 Å². The molecular weight excluding hydrogens is 505 g/mol. The van der Waals surface area contributed by atoms with Crippen LogP contribution in [0.1, 0.15) is 18.4 Å². The van der Waals surface area contributed by atoms with Gasteiger partial charge in [0, 0.05) is 57.3 Å². The van der Waals surface area contributed by atoms with Crippen molar-refractivity contribution in [3.05, 3.63) is 34.9 Å². The van der Waals surface area contributed by atoms with Gasteiger partial charge in [-0.3, -0.25) is 14.6 Å². The number of aliphatic imine (C=N–C) groups is 1. The van der Waals surface area contributed by atoms with E-state index in [0.29, 0.717) is 37.6 Å². The van der Waals surface area contributed by atoms with Gasteiger partial charge in [0.25, 0.3) is 0 Å². The molecule has 0 atom stereocenters. The number of carbonyl (C=O) groups excluding carboxylic acids is 2. The highest BCUT2D eigenvalue weighted by molar-refractivity contribution is 14.0. The summed E-state index contributed by atoms with van der Waals surface area (Å²) in [5, 5.41) is 6.88. The first-order chi connectivity index (χ1) is 13.6. The van der Waals surface area contributed by atoms with Crippen molar-refractivity contribution in [2.24, 2.45) is 10.9 Å². The monoisotopic (exact) mass is 533 g/mol. The number of nitrogens with one attached hydrogen (secondary N) is 2. The Morgan fingerprint density at radius 3 is 2.38 bits per heavy atom. The van der Waals surface area contributed by atoms with Gasteiger partial charge in [0.1, 0.15) is 0 Å². The maximum atomic E-state index is 12.5. The van der Waals surface area contributed by atoms with Crippen molar-refractivity contribution >= 4 is 53.4 Å². The Kier molecular flexibility index (Phi) is 9.48. The van der Waals surface area contributed by atoms with E-state index >= 15 is 0 Å². The number of rotatable bonds is 6. The second-order valence-corrected chi connectivity index (χ2v) is 7.65. The molecule has 1 aromatic rings. The minimum Gasteiger partial charge on any atom is -0.354 e. The van der Waals surface area contributed by atoms with E-state index in [9.17, 15) is 9.59 Å². The Labute approximate surface area is 194 Å². The van der Waals surface area contributed by atoms with Gasteiger partial charge in [0.15, 0.2) is 5.96 Å². The van der Waals surface area contributed by atoms with Crippen molar-refractivity contribution in [1.82, 2.24) is 20.4 Å². The van der Waals surface area contributed by atoms with E-state index in [2.05, 4.69) is 20.5 Å². The van der Waals surface area contributed by atoms with Crippen LogP contribution < -0.4 is 10.6 Å². The van der Waals surface area contributed by atoms with Crippen LogP contribution in [0.3, 0.4) is 0 Å². The zero-order valence-electron chi connectivity index (χ0n) is 16.7. The highest BCUT2D eigenvalue weighted by Crippen LogP contribution is 2.28. The largest absolute Gasteiger partial charge is 0.354 e. The summed E-state index contributed by atoms with van der Waals surface area (Å²) in [7, 11) is 1.75. The lowest BCUT2D eigenvalue weighted by atomic mass is 10.1. The molecule has 1 heterocycles. The van der Waals surface area contributed by atoms with Crippen molar-refractivity contribution in [3.8, 4) is 0 Å². The molecule has 2 N–H and O–H groups in total. The van der Waals surface area contributed by atoms with Gasteiger partial charge in [-0.05, 0) is 30.5 Å². The van der Waals surface area contributed by atoms with Crippen LogP contribution in [0.5, 0.6) is 0 Å². The summed E-state index contributed by atoms with van der Waals surface area (Å²) in [6, 6.07) is 7.44. The SMILES string of the molecule is CN=C(NCCNC(=O)C1CC1)N1CCN(C(=O)Cc2cccc(Cl)c2)CC1.I. The molecule has 1 aliphatic heterocycles. The smallest absolute Gasteiger partial charge is 0.227 e. The number of benzene rings is 1. The zero-order chi connectivity index (χ0) is 19.9. The zero-order valence-corrected chi connectivity index (χ0v) is 19.8. The van der Waals surface area contributed by atoms with E-state index in [-0.39, 0.29) is 41.7 Å². The van der Waals surface area contributed by atoms with Crippen LogP contribution in [-0.4, -0.2) is 73.9 Å². The van der Waals surface area contributed by atoms with E-state index in [4.69, 9.17) is 11.6 Å². The van der Waals surface area contributed by atoms with E-state index in [0.717, 1.165) is 37.5 Å².